The van der Waals surface area contributed by atoms with Crippen molar-refractivity contribution in [1.82, 2.24) is 5.10 Å². The number of benzene rings is 2. The number of carbonyl (C=O) groups is 1. The summed E-state index contributed by atoms with van der Waals surface area (Å²) in [6.45, 7) is 4.98. The Morgan fingerprint density at radius 1 is 1.07 bits per heavy atom. The molecule has 0 aliphatic rings. The van der Waals surface area contributed by atoms with Crippen LogP contribution in [0.5, 0.6) is 0 Å². The maximum absolute atomic E-state index is 11.5. The van der Waals surface area contributed by atoms with Crippen molar-refractivity contribution in [2.75, 3.05) is 12.3 Å². The van der Waals surface area contributed by atoms with Gasteiger partial charge < -0.3 is 21.7 Å². The fourth-order valence-electron chi connectivity index (χ4n) is 3.14. The molecule has 0 fully saturated rings. The molecule has 0 spiro atoms. The van der Waals surface area contributed by atoms with E-state index in [0.717, 1.165) is 34.9 Å². The molecule has 0 saturated carbocycles. The van der Waals surface area contributed by atoms with E-state index >= 15 is 0 Å². The molecule has 1 aromatic heterocycles. The van der Waals surface area contributed by atoms with Gasteiger partial charge in [0.15, 0.2) is 0 Å². The number of esters is 1. The third kappa shape index (κ3) is 5.07. The molecule has 148 valence electrons. The van der Waals surface area contributed by atoms with Crippen LogP contribution < -0.4 is 27.4 Å². The Morgan fingerprint density at radius 3 is 2.43 bits per heavy atom. The minimum Gasteiger partial charge on any atom is -1.00 e. The van der Waals surface area contributed by atoms with Crippen molar-refractivity contribution in [3.8, 4) is 11.3 Å². The zero-order valence-corrected chi connectivity index (χ0v) is 17.9. The van der Waals surface area contributed by atoms with Crippen molar-refractivity contribution in [1.29, 1.82) is 0 Å². The van der Waals surface area contributed by atoms with Crippen LogP contribution in [0.25, 0.3) is 22.0 Å². The van der Waals surface area contributed by atoms with Crippen molar-refractivity contribution >= 4 is 22.6 Å². The van der Waals surface area contributed by atoms with Gasteiger partial charge in [0.1, 0.15) is 12.2 Å². The average molecular weight is 444 g/mol. The van der Waals surface area contributed by atoms with E-state index in [1.54, 1.807) is 0 Å². The van der Waals surface area contributed by atoms with Gasteiger partial charge in [-0.3, -0.25) is 10.5 Å². The largest absolute Gasteiger partial charge is 1.00 e. The van der Waals surface area contributed by atoms with Gasteiger partial charge in [-0.25, -0.2) is 0 Å². The highest BCUT2D eigenvalue weighted by molar-refractivity contribution is 5.98. The maximum Gasteiger partial charge on any atom is 0.305 e. The van der Waals surface area contributed by atoms with Gasteiger partial charge in [-0.05, 0) is 32.8 Å². The first-order valence-corrected chi connectivity index (χ1v) is 9.41. The number of aromatic nitrogens is 2. The van der Waals surface area contributed by atoms with Gasteiger partial charge in [-0.2, -0.15) is 0 Å². The second kappa shape index (κ2) is 10.2. The molecule has 2 aromatic carbocycles. The van der Waals surface area contributed by atoms with Crippen molar-refractivity contribution in [2.24, 2.45) is 0 Å². The molecule has 0 amide bonds. The highest BCUT2D eigenvalue weighted by atomic mass is 79.9. The number of nitrogen functional groups attached to an aromatic ring is 1. The second-order valence-electron chi connectivity index (χ2n) is 6.63. The number of carbonyl (C=O) groups excluding carboxylic acids is 1. The average Bonchev–Trinajstić information content (AvgIpc) is 2.68. The number of halogens is 1. The minimum atomic E-state index is -0.151. The molecular formula is C22H26BrN3O2. The summed E-state index contributed by atoms with van der Waals surface area (Å²) in [5.74, 6) is 0.500. The Bertz CT molecular complexity index is 942. The number of hydrogen-bond acceptors (Lipinski definition) is 4. The first-order chi connectivity index (χ1) is 13.1. The molecule has 2 N–H and O–H groups in total. The lowest BCUT2D eigenvalue weighted by molar-refractivity contribution is -0.738. The van der Waals surface area contributed by atoms with Crippen molar-refractivity contribution < 1.29 is 31.2 Å². The zero-order chi connectivity index (χ0) is 19.2. The van der Waals surface area contributed by atoms with Crippen LogP contribution in [0, 0.1) is 6.92 Å². The molecule has 3 aromatic rings. The summed E-state index contributed by atoms with van der Waals surface area (Å²) in [6, 6.07) is 16.4. The van der Waals surface area contributed by atoms with Gasteiger partial charge >= 0.3 is 11.8 Å². The summed E-state index contributed by atoms with van der Waals surface area (Å²) in [7, 11) is 0. The van der Waals surface area contributed by atoms with Crippen LogP contribution in [0.3, 0.4) is 0 Å². The summed E-state index contributed by atoms with van der Waals surface area (Å²) < 4.78 is 6.83. The maximum atomic E-state index is 11.5. The fraction of sp³-hybridized carbons (Fsp3) is 0.318. The lowest BCUT2D eigenvalue weighted by Gasteiger charge is -2.10. The summed E-state index contributed by atoms with van der Waals surface area (Å²) in [5.41, 5.74) is 9.59. The number of nitrogens with two attached hydrogens (primary N) is 1. The smallest absolute Gasteiger partial charge is 0.305 e. The SMILES string of the molecule is CCOC(=O)CCCC[n+]1nc(-c2ccc(C)cc2)c2ccccc2c1N.[Br-]. The molecule has 6 heteroatoms. The van der Waals surface area contributed by atoms with Crippen LogP contribution >= 0.6 is 0 Å². The van der Waals surface area contributed by atoms with Crippen LogP contribution in [0.2, 0.25) is 0 Å². The molecule has 5 nitrogen and oxygen atoms in total. The number of rotatable bonds is 7. The number of nitrogens with zero attached hydrogens (tertiary/aromatic N) is 2. The molecule has 0 bridgehead atoms. The quantitative estimate of drug-likeness (QED) is 0.333. The summed E-state index contributed by atoms with van der Waals surface area (Å²) in [6.07, 6.45) is 1.98. The van der Waals surface area contributed by atoms with Gasteiger partial charge in [0.2, 0.25) is 0 Å². The molecule has 0 radical (unpaired) electrons. The molecule has 0 saturated heterocycles. The summed E-state index contributed by atoms with van der Waals surface area (Å²) >= 11 is 0. The number of aryl methyl sites for hydroxylation is 2. The topological polar surface area (TPSA) is 69.1 Å². The van der Waals surface area contributed by atoms with Crippen molar-refractivity contribution in [2.45, 2.75) is 39.7 Å². The van der Waals surface area contributed by atoms with E-state index in [-0.39, 0.29) is 23.0 Å². The zero-order valence-electron chi connectivity index (χ0n) is 16.3. The third-order valence-electron chi connectivity index (χ3n) is 4.59. The lowest BCUT2D eigenvalue weighted by Crippen LogP contribution is -3.00. The highest BCUT2D eigenvalue weighted by Gasteiger charge is 2.17. The minimum absolute atomic E-state index is 0. The molecule has 28 heavy (non-hydrogen) atoms. The monoisotopic (exact) mass is 443 g/mol. The number of hydrogen-bond donors (Lipinski definition) is 1. The van der Waals surface area contributed by atoms with E-state index in [0.29, 0.717) is 25.4 Å². The standard InChI is InChI=1S/C22H25N3O2.BrH/c1-3-27-20(26)10-6-7-15-25-22(23)19-9-5-4-8-18(19)21(24-25)17-13-11-16(2)12-14-17;/h4-5,8-9,11-14,23H,3,6-7,10,15H2,1-2H3;1H. The lowest BCUT2D eigenvalue weighted by atomic mass is 10.0. The Labute approximate surface area is 176 Å². The van der Waals surface area contributed by atoms with E-state index in [9.17, 15) is 4.79 Å². The number of fused-ring (bicyclic) bond motifs is 1. The van der Waals surface area contributed by atoms with Crippen LogP contribution in [0.1, 0.15) is 31.7 Å². The van der Waals surface area contributed by atoms with E-state index in [4.69, 9.17) is 15.6 Å². The molecule has 3 rings (SSSR count). The Hall–Kier alpha value is -2.47. The summed E-state index contributed by atoms with van der Waals surface area (Å²) in [4.78, 5) is 11.5. The number of ether oxygens (including phenoxy) is 1. The van der Waals surface area contributed by atoms with Crippen molar-refractivity contribution in [3.63, 3.8) is 0 Å². The first kappa shape index (κ1) is 21.8. The summed E-state index contributed by atoms with van der Waals surface area (Å²) in [5, 5.41) is 6.87. The normalized spacial score (nSPS) is 10.5. The van der Waals surface area contributed by atoms with Crippen LogP contribution in [0.4, 0.5) is 5.82 Å². The van der Waals surface area contributed by atoms with Gasteiger partial charge in [-0.1, -0.05) is 53.1 Å². The second-order valence-corrected chi connectivity index (χ2v) is 6.63. The Kier molecular flexibility index (Phi) is 7.93. The number of anilines is 1. The predicted molar refractivity (Wildman–Crippen MR) is 107 cm³/mol. The van der Waals surface area contributed by atoms with E-state index in [2.05, 4.69) is 37.3 Å². The predicted octanol–water partition coefficient (Wildman–Crippen LogP) is 0.817. The molecular weight excluding hydrogens is 418 g/mol. The van der Waals surface area contributed by atoms with E-state index in [1.165, 1.54) is 5.56 Å². The Morgan fingerprint density at radius 2 is 1.75 bits per heavy atom. The molecule has 1 heterocycles. The molecule has 0 aliphatic carbocycles. The van der Waals surface area contributed by atoms with Crippen LogP contribution in [0.15, 0.2) is 48.5 Å². The van der Waals surface area contributed by atoms with Crippen LogP contribution in [-0.2, 0) is 16.1 Å². The van der Waals surface area contributed by atoms with Gasteiger partial charge in [-0.15, -0.1) is 4.68 Å². The third-order valence-corrected chi connectivity index (χ3v) is 4.59. The fourth-order valence-corrected chi connectivity index (χ4v) is 3.14. The van der Waals surface area contributed by atoms with E-state index < -0.39 is 0 Å². The first-order valence-electron chi connectivity index (χ1n) is 9.41. The van der Waals surface area contributed by atoms with Crippen LogP contribution in [-0.4, -0.2) is 17.7 Å². The highest BCUT2D eigenvalue weighted by Crippen LogP contribution is 2.28. The van der Waals surface area contributed by atoms with Crippen molar-refractivity contribution in [3.05, 3.63) is 54.1 Å². The van der Waals surface area contributed by atoms with Gasteiger partial charge in [0, 0.05) is 17.4 Å². The molecule has 0 unspecified atom stereocenters. The number of unbranched alkanes of at least 4 members (excludes halogenated alkanes) is 1. The van der Waals surface area contributed by atoms with E-state index in [1.807, 2.05) is 29.8 Å². The van der Waals surface area contributed by atoms with Gasteiger partial charge in [0.25, 0.3) is 0 Å². The Balaban J connectivity index is 0.00000280. The molecule has 0 aliphatic heterocycles. The molecule has 0 atom stereocenters. The van der Waals surface area contributed by atoms with Gasteiger partial charge in [0.05, 0.1) is 12.0 Å².